The van der Waals surface area contributed by atoms with E-state index in [1.165, 1.54) is 12.1 Å². The van der Waals surface area contributed by atoms with Crippen molar-refractivity contribution in [2.45, 2.75) is 18.8 Å². The van der Waals surface area contributed by atoms with Gasteiger partial charge in [-0.1, -0.05) is 42.5 Å². The summed E-state index contributed by atoms with van der Waals surface area (Å²) in [6.07, 6.45) is -0.637. The van der Waals surface area contributed by atoms with Gasteiger partial charge < -0.3 is 14.6 Å². The minimum absolute atomic E-state index is 0.0909. The number of halogens is 1. The summed E-state index contributed by atoms with van der Waals surface area (Å²) in [6, 6.07) is 16.3. The van der Waals surface area contributed by atoms with Crippen molar-refractivity contribution in [3.63, 3.8) is 0 Å². The van der Waals surface area contributed by atoms with Gasteiger partial charge in [-0.25, -0.2) is 4.39 Å². The van der Waals surface area contributed by atoms with Crippen molar-refractivity contribution >= 4 is 0 Å². The van der Waals surface area contributed by atoms with E-state index in [2.05, 4.69) is 4.90 Å². The van der Waals surface area contributed by atoms with E-state index in [4.69, 9.17) is 9.47 Å². The van der Waals surface area contributed by atoms with Crippen LogP contribution >= 0.6 is 0 Å². The molecule has 0 aliphatic carbocycles. The molecule has 5 heteroatoms. The number of benzene rings is 2. The minimum atomic E-state index is -0.546. The Morgan fingerprint density at radius 2 is 1.92 bits per heavy atom. The summed E-state index contributed by atoms with van der Waals surface area (Å²) >= 11 is 0. The van der Waals surface area contributed by atoms with E-state index in [0.29, 0.717) is 32.9 Å². The van der Waals surface area contributed by atoms with Crippen molar-refractivity contribution in [3.05, 3.63) is 71.5 Å². The van der Waals surface area contributed by atoms with E-state index >= 15 is 0 Å². The molecule has 2 aromatic carbocycles. The molecular weight excluding hydrogens is 321 g/mol. The molecule has 2 atom stereocenters. The number of aliphatic hydroxyl groups is 1. The summed E-state index contributed by atoms with van der Waals surface area (Å²) in [5.74, 6) is -0.248. The molecule has 25 heavy (non-hydrogen) atoms. The molecule has 1 aliphatic rings. The Labute approximate surface area is 147 Å². The molecule has 0 radical (unpaired) electrons. The molecule has 0 bridgehead atoms. The quantitative estimate of drug-likeness (QED) is 0.838. The number of aliphatic hydroxyl groups excluding tert-OH is 1. The van der Waals surface area contributed by atoms with Gasteiger partial charge in [-0.15, -0.1) is 0 Å². The Kier molecular flexibility index (Phi) is 6.53. The Balaban J connectivity index is 1.43. The molecule has 1 aliphatic heterocycles. The van der Waals surface area contributed by atoms with Crippen LogP contribution in [0.25, 0.3) is 0 Å². The van der Waals surface area contributed by atoms with Crippen LogP contribution in [-0.4, -0.2) is 49.0 Å². The molecule has 1 N–H and O–H groups in total. The van der Waals surface area contributed by atoms with Gasteiger partial charge in [0.25, 0.3) is 0 Å². The van der Waals surface area contributed by atoms with E-state index < -0.39 is 6.10 Å². The van der Waals surface area contributed by atoms with E-state index in [0.717, 1.165) is 17.7 Å². The number of β-amino-alcohol motifs (C(OH)–C–C–N with tert-alkyl or cyclic N) is 1. The van der Waals surface area contributed by atoms with Gasteiger partial charge in [0.05, 0.1) is 32.0 Å². The molecule has 0 aromatic heterocycles. The van der Waals surface area contributed by atoms with Crippen molar-refractivity contribution < 1.29 is 19.0 Å². The molecule has 4 nitrogen and oxygen atoms in total. The van der Waals surface area contributed by atoms with Gasteiger partial charge in [0.1, 0.15) is 5.82 Å². The number of rotatable bonds is 7. The Bertz CT molecular complexity index is 635. The first-order valence-electron chi connectivity index (χ1n) is 8.60. The van der Waals surface area contributed by atoms with E-state index in [9.17, 15) is 9.50 Å². The summed E-state index contributed by atoms with van der Waals surface area (Å²) < 4.78 is 24.4. The fraction of sp³-hybridized carbons (Fsp3) is 0.400. The van der Waals surface area contributed by atoms with E-state index in [1.54, 1.807) is 12.1 Å². The van der Waals surface area contributed by atoms with Crippen LogP contribution in [0.4, 0.5) is 4.39 Å². The number of morpholine rings is 1. The van der Waals surface area contributed by atoms with Crippen molar-refractivity contribution in [3.8, 4) is 0 Å². The van der Waals surface area contributed by atoms with Crippen LogP contribution in [-0.2, 0) is 16.1 Å². The smallest absolute Gasteiger partial charge is 0.123 e. The molecule has 0 saturated carbocycles. The maximum atomic E-state index is 13.0. The zero-order valence-electron chi connectivity index (χ0n) is 14.2. The van der Waals surface area contributed by atoms with Crippen molar-refractivity contribution in [1.29, 1.82) is 0 Å². The molecule has 1 fully saturated rings. The van der Waals surface area contributed by atoms with E-state index in [1.807, 2.05) is 30.3 Å². The lowest BCUT2D eigenvalue weighted by Crippen LogP contribution is -2.43. The largest absolute Gasteiger partial charge is 0.389 e. The number of ether oxygens (including phenoxy) is 2. The zero-order valence-corrected chi connectivity index (χ0v) is 14.2. The maximum absolute atomic E-state index is 13.0. The summed E-state index contributed by atoms with van der Waals surface area (Å²) in [5, 5.41) is 10.2. The standard InChI is InChI=1S/C20H24FNO3/c21-18-8-6-17(7-9-18)20-13-22(10-11-25-20)12-19(23)15-24-14-16-4-2-1-3-5-16/h1-9,19-20,23H,10-15H2. The lowest BCUT2D eigenvalue weighted by atomic mass is 10.1. The van der Waals surface area contributed by atoms with Gasteiger partial charge in [0, 0.05) is 19.6 Å². The van der Waals surface area contributed by atoms with Crippen LogP contribution in [0.5, 0.6) is 0 Å². The predicted octanol–water partition coefficient (Wildman–Crippen LogP) is 2.78. The number of hydrogen-bond acceptors (Lipinski definition) is 4. The summed E-state index contributed by atoms with van der Waals surface area (Å²) in [7, 11) is 0. The van der Waals surface area contributed by atoms with Crippen LogP contribution in [0.3, 0.4) is 0 Å². The third kappa shape index (κ3) is 5.61. The Hall–Kier alpha value is -1.79. The van der Waals surface area contributed by atoms with Gasteiger partial charge in [-0.3, -0.25) is 4.90 Å². The second-order valence-electron chi connectivity index (χ2n) is 6.33. The first kappa shape index (κ1) is 18.0. The average molecular weight is 345 g/mol. The van der Waals surface area contributed by atoms with Crippen molar-refractivity contribution in [1.82, 2.24) is 4.90 Å². The molecule has 0 spiro atoms. The third-order valence-electron chi connectivity index (χ3n) is 4.28. The van der Waals surface area contributed by atoms with Gasteiger partial charge >= 0.3 is 0 Å². The summed E-state index contributed by atoms with van der Waals surface area (Å²) in [5.41, 5.74) is 2.05. The van der Waals surface area contributed by atoms with Crippen LogP contribution in [0, 0.1) is 5.82 Å². The molecule has 2 unspecified atom stereocenters. The van der Waals surface area contributed by atoms with Crippen molar-refractivity contribution in [2.75, 3.05) is 32.8 Å². The molecule has 134 valence electrons. The highest BCUT2D eigenvalue weighted by Gasteiger charge is 2.23. The molecule has 1 heterocycles. The fourth-order valence-electron chi connectivity index (χ4n) is 2.99. The number of hydrogen-bond donors (Lipinski definition) is 1. The normalized spacial score (nSPS) is 19.7. The highest BCUT2D eigenvalue weighted by atomic mass is 19.1. The Morgan fingerprint density at radius 1 is 1.16 bits per heavy atom. The zero-order chi connectivity index (χ0) is 17.5. The monoisotopic (exact) mass is 345 g/mol. The lowest BCUT2D eigenvalue weighted by Gasteiger charge is -2.34. The van der Waals surface area contributed by atoms with Crippen molar-refractivity contribution in [2.24, 2.45) is 0 Å². The summed E-state index contributed by atoms with van der Waals surface area (Å²) in [4.78, 5) is 2.16. The molecule has 0 amide bonds. The van der Waals surface area contributed by atoms with Crippen LogP contribution in [0.1, 0.15) is 17.2 Å². The van der Waals surface area contributed by atoms with Gasteiger partial charge in [-0.05, 0) is 23.3 Å². The molecule has 3 rings (SSSR count). The highest BCUT2D eigenvalue weighted by Crippen LogP contribution is 2.22. The van der Waals surface area contributed by atoms with Crippen LogP contribution < -0.4 is 0 Å². The second-order valence-corrected chi connectivity index (χ2v) is 6.33. The first-order valence-corrected chi connectivity index (χ1v) is 8.60. The highest BCUT2D eigenvalue weighted by molar-refractivity contribution is 5.19. The second kappa shape index (κ2) is 9.06. The van der Waals surface area contributed by atoms with Crippen LogP contribution in [0.2, 0.25) is 0 Å². The molecule has 1 saturated heterocycles. The number of nitrogens with zero attached hydrogens (tertiary/aromatic N) is 1. The fourth-order valence-corrected chi connectivity index (χ4v) is 2.99. The van der Waals surface area contributed by atoms with Gasteiger partial charge in [0.15, 0.2) is 0 Å². The lowest BCUT2D eigenvalue weighted by molar-refractivity contribution is -0.0536. The van der Waals surface area contributed by atoms with Crippen LogP contribution in [0.15, 0.2) is 54.6 Å². The van der Waals surface area contributed by atoms with Gasteiger partial charge in [0.2, 0.25) is 0 Å². The first-order chi connectivity index (χ1) is 12.2. The summed E-state index contributed by atoms with van der Waals surface area (Å²) in [6.45, 7) is 3.39. The topological polar surface area (TPSA) is 41.9 Å². The minimum Gasteiger partial charge on any atom is -0.389 e. The molecular formula is C20H24FNO3. The average Bonchev–Trinajstić information content (AvgIpc) is 2.63. The van der Waals surface area contributed by atoms with E-state index in [-0.39, 0.29) is 11.9 Å². The SMILES string of the molecule is OC(COCc1ccccc1)CN1CCOC(c2ccc(F)cc2)C1. The maximum Gasteiger partial charge on any atom is 0.123 e. The molecule has 2 aromatic rings. The Morgan fingerprint density at radius 3 is 2.68 bits per heavy atom. The third-order valence-corrected chi connectivity index (χ3v) is 4.28. The predicted molar refractivity (Wildman–Crippen MR) is 93.6 cm³/mol. The van der Waals surface area contributed by atoms with Gasteiger partial charge in [-0.2, -0.15) is 0 Å².